The fraction of sp³-hybridized carbons (Fsp3) is 0.621. The van der Waals surface area contributed by atoms with Crippen molar-refractivity contribution in [3.8, 4) is 0 Å². The molecule has 0 amide bonds. The number of aliphatic hydroxyl groups excluding tert-OH is 2. The second kappa shape index (κ2) is 13.0. The lowest BCUT2D eigenvalue weighted by atomic mass is 9.97. The number of hydrogen-bond donors (Lipinski definition) is 2. The van der Waals surface area contributed by atoms with Gasteiger partial charge in [0.25, 0.3) is 0 Å². The third kappa shape index (κ3) is 8.25. The van der Waals surface area contributed by atoms with Crippen molar-refractivity contribution in [3.05, 3.63) is 60.3 Å². The maximum absolute atomic E-state index is 12.6. The van der Waals surface area contributed by atoms with Gasteiger partial charge in [-0.05, 0) is 51.9 Å². The SMILES string of the molecule is C=C1CCC[C@@H]2CC=CC(C/C=C\C(=O)OC(C(O)/C=C/C3C=C(C)CCO3)C[C@@H]3OC3[C@@H](O)C1)O2. The molecular formula is C29H40O7. The van der Waals surface area contributed by atoms with E-state index in [4.69, 9.17) is 18.9 Å². The summed E-state index contributed by atoms with van der Waals surface area (Å²) in [5, 5.41) is 21.5. The summed E-state index contributed by atoms with van der Waals surface area (Å²) in [5.41, 5.74) is 2.23. The Balaban J connectivity index is 1.44. The molecule has 2 N–H and O–H groups in total. The Morgan fingerprint density at radius 2 is 2.06 bits per heavy atom. The summed E-state index contributed by atoms with van der Waals surface area (Å²) in [5.74, 6) is -0.527. The van der Waals surface area contributed by atoms with E-state index < -0.39 is 24.3 Å². The van der Waals surface area contributed by atoms with E-state index in [1.807, 2.05) is 12.2 Å². The molecule has 36 heavy (non-hydrogen) atoms. The molecule has 0 saturated carbocycles. The first-order valence-corrected chi connectivity index (χ1v) is 13.2. The second-order valence-electron chi connectivity index (χ2n) is 10.3. The van der Waals surface area contributed by atoms with E-state index in [2.05, 4.69) is 19.6 Å². The maximum atomic E-state index is 12.6. The van der Waals surface area contributed by atoms with Crippen molar-refractivity contribution in [3.63, 3.8) is 0 Å². The first-order chi connectivity index (χ1) is 17.4. The normalized spacial score (nSPS) is 38.3. The van der Waals surface area contributed by atoms with Crippen molar-refractivity contribution in [2.45, 2.75) is 107 Å². The molecule has 5 unspecified atom stereocenters. The summed E-state index contributed by atoms with van der Waals surface area (Å²) < 4.78 is 23.2. The number of carbonyl (C=O) groups excluding carboxylic acids is 1. The molecule has 1 fully saturated rings. The van der Waals surface area contributed by atoms with Crippen molar-refractivity contribution < 1.29 is 34.0 Å². The summed E-state index contributed by atoms with van der Waals surface area (Å²) in [7, 11) is 0. The average molecular weight is 501 g/mol. The molecule has 7 nitrogen and oxygen atoms in total. The highest BCUT2D eigenvalue weighted by Gasteiger charge is 2.46. The van der Waals surface area contributed by atoms with Crippen LogP contribution in [0.5, 0.6) is 0 Å². The molecule has 0 aromatic rings. The molecule has 8 atom stereocenters. The molecule has 0 spiro atoms. The lowest BCUT2D eigenvalue weighted by Crippen LogP contribution is -2.32. The highest BCUT2D eigenvalue weighted by atomic mass is 16.6. The number of ether oxygens (including phenoxy) is 4. The number of carbonyl (C=O) groups is 1. The van der Waals surface area contributed by atoms with Crippen LogP contribution in [-0.4, -0.2) is 71.6 Å². The van der Waals surface area contributed by atoms with Gasteiger partial charge in [0.15, 0.2) is 0 Å². The quantitative estimate of drug-likeness (QED) is 0.345. The van der Waals surface area contributed by atoms with Crippen molar-refractivity contribution >= 4 is 5.97 Å². The molecule has 4 rings (SSSR count). The predicted molar refractivity (Wildman–Crippen MR) is 136 cm³/mol. The zero-order valence-electron chi connectivity index (χ0n) is 21.2. The fourth-order valence-corrected chi connectivity index (χ4v) is 5.03. The van der Waals surface area contributed by atoms with Crippen LogP contribution in [-0.2, 0) is 23.7 Å². The smallest absolute Gasteiger partial charge is 0.330 e. The van der Waals surface area contributed by atoms with Crippen LogP contribution in [0.15, 0.2) is 60.3 Å². The summed E-state index contributed by atoms with van der Waals surface area (Å²) >= 11 is 0. The minimum Gasteiger partial charge on any atom is -0.456 e. The first-order valence-electron chi connectivity index (χ1n) is 13.2. The lowest BCUT2D eigenvalue weighted by molar-refractivity contribution is -0.148. The van der Waals surface area contributed by atoms with E-state index in [1.165, 1.54) is 11.6 Å². The number of fused-ring (bicyclic) bond motifs is 3. The van der Waals surface area contributed by atoms with Gasteiger partial charge in [0, 0.05) is 12.5 Å². The molecule has 7 heteroatoms. The Morgan fingerprint density at radius 1 is 1.19 bits per heavy atom. The van der Waals surface area contributed by atoms with E-state index >= 15 is 0 Å². The van der Waals surface area contributed by atoms with Crippen molar-refractivity contribution in [1.29, 1.82) is 0 Å². The van der Waals surface area contributed by atoms with Gasteiger partial charge in [-0.25, -0.2) is 4.79 Å². The number of aliphatic hydroxyl groups is 2. The van der Waals surface area contributed by atoms with Crippen LogP contribution in [0.25, 0.3) is 0 Å². The van der Waals surface area contributed by atoms with E-state index in [-0.39, 0.29) is 36.9 Å². The lowest BCUT2D eigenvalue weighted by Gasteiger charge is -2.25. The van der Waals surface area contributed by atoms with Crippen LogP contribution in [0.4, 0.5) is 0 Å². The molecule has 198 valence electrons. The zero-order chi connectivity index (χ0) is 25.5. The Morgan fingerprint density at radius 3 is 2.89 bits per heavy atom. The molecule has 1 saturated heterocycles. The minimum atomic E-state index is -1.03. The van der Waals surface area contributed by atoms with Crippen LogP contribution in [0.1, 0.15) is 58.3 Å². The number of hydrogen-bond acceptors (Lipinski definition) is 7. The highest BCUT2D eigenvalue weighted by Crippen LogP contribution is 2.34. The molecule has 0 aromatic heterocycles. The van der Waals surface area contributed by atoms with Crippen LogP contribution >= 0.6 is 0 Å². The van der Waals surface area contributed by atoms with Gasteiger partial charge < -0.3 is 29.2 Å². The van der Waals surface area contributed by atoms with Gasteiger partial charge in [-0.2, -0.15) is 0 Å². The predicted octanol–water partition coefficient (Wildman–Crippen LogP) is 3.86. The molecular weight excluding hydrogens is 460 g/mol. The Bertz CT molecular complexity index is 888. The third-order valence-electron chi connectivity index (χ3n) is 7.16. The number of rotatable bonds is 3. The summed E-state index contributed by atoms with van der Waals surface area (Å²) in [6.07, 6.45) is 15.3. The Hall–Kier alpha value is -2.03. The van der Waals surface area contributed by atoms with Crippen molar-refractivity contribution in [2.75, 3.05) is 6.61 Å². The summed E-state index contributed by atoms with van der Waals surface area (Å²) in [6.45, 7) is 6.83. The van der Waals surface area contributed by atoms with Gasteiger partial charge in [-0.15, -0.1) is 0 Å². The molecule has 4 aliphatic rings. The van der Waals surface area contributed by atoms with Gasteiger partial charge in [0.1, 0.15) is 18.3 Å². The van der Waals surface area contributed by atoms with Gasteiger partial charge in [-0.1, -0.05) is 54.2 Å². The van der Waals surface area contributed by atoms with Gasteiger partial charge in [-0.3, -0.25) is 0 Å². The van der Waals surface area contributed by atoms with Crippen LogP contribution in [0.2, 0.25) is 0 Å². The standard InChI is InChI=1S/C29H40O7/c1-19-6-3-7-21-8-4-9-22(34-21)10-5-11-28(32)35-26(18-27-29(36-27)25(31)17-19)24(30)13-12-23-16-20(2)14-15-33-23/h4-5,9,11-13,16,21-27,29-31H,1,3,6-8,10,14-15,17-18H2,2H3/b11-5-,13-12+/t21-,22?,23?,24?,25+,26?,27+,29?/m1/s1. The van der Waals surface area contributed by atoms with E-state index in [1.54, 1.807) is 18.2 Å². The fourth-order valence-electron chi connectivity index (χ4n) is 5.03. The largest absolute Gasteiger partial charge is 0.456 e. The monoisotopic (exact) mass is 500 g/mol. The maximum Gasteiger partial charge on any atom is 0.330 e. The first kappa shape index (κ1) is 27.0. The van der Waals surface area contributed by atoms with Crippen LogP contribution < -0.4 is 0 Å². The van der Waals surface area contributed by atoms with E-state index in [9.17, 15) is 15.0 Å². The summed E-state index contributed by atoms with van der Waals surface area (Å²) in [6, 6.07) is 0. The number of cyclic esters (lactones) is 1. The van der Waals surface area contributed by atoms with Crippen LogP contribution in [0.3, 0.4) is 0 Å². The average Bonchev–Trinajstić information content (AvgIpc) is 3.61. The van der Waals surface area contributed by atoms with Crippen molar-refractivity contribution in [1.82, 2.24) is 0 Å². The number of esters is 1. The molecule has 0 radical (unpaired) electrons. The topological polar surface area (TPSA) is 97.8 Å². The van der Waals surface area contributed by atoms with Gasteiger partial charge >= 0.3 is 5.97 Å². The molecule has 0 aromatic carbocycles. The van der Waals surface area contributed by atoms with Crippen molar-refractivity contribution in [2.24, 2.45) is 0 Å². The summed E-state index contributed by atoms with van der Waals surface area (Å²) in [4.78, 5) is 12.6. The zero-order valence-corrected chi connectivity index (χ0v) is 21.2. The molecule has 4 aliphatic heterocycles. The van der Waals surface area contributed by atoms with Gasteiger partial charge in [0.05, 0.1) is 37.1 Å². The van der Waals surface area contributed by atoms with Gasteiger partial charge in [0.2, 0.25) is 0 Å². The van der Waals surface area contributed by atoms with E-state index in [0.717, 1.165) is 37.7 Å². The van der Waals surface area contributed by atoms with Crippen LogP contribution in [0, 0.1) is 0 Å². The Labute approximate surface area is 214 Å². The minimum absolute atomic E-state index is 0.0753. The Kier molecular flexibility index (Phi) is 9.73. The van der Waals surface area contributed by atoms with E-state index in [0.29, 0.717) is 19.4 Å². The number of epoxide rings is 1. The molecule has 2 bridgehead atoms. The molecule has 4 heterocycles. The molecule has 0 aliphatic carbocycles. The second-order valence-corrected chi connectivity index (χ2v) is 10.3. The highest BCUT2D eigenvalue weighted by molar-refractivity contribution is 5.82. The third-order valence-corrected chi connectivity index (χ3v) is 7.16.